The van der Waals surface area contributed by atoms with E-state index < -0.39 is 17.4 Å². The summed E-state index contributed by atoms with van der Waals surface area (Å²) >= 11 is 0. The van der Waals surface area contributed by atoms with E-state index in [0.29, 0.717) is 13.0 Å². The number of aryl methyl sites for hydroxylation is 1. The van der Waals surface area contributed by atoms with Crippen molar-refractivity contribution in [2.24, 2.45) is 5.92 Å². The third kappa shape index (κ3) is 2.73. The molecule has 5 nitrogen and oxygen atoms in total. The maximum atomic E-state index is 12.9. The smallest absolute Gasteiger partial charge is 0.266 e. The maximum absolute atomic E-state index is 12.9. The first kappa shape index (κ1) is 16.5. The number of nitrogens with zero attached hydrogens (tertiary/aromatic N) is 1. The van der Waals surface area contributed by atoms with Crippen molar-refractivity contribution in [3.8, 4) is 0 Å². The number of benzene rings is 1. The highest BCUT2D eigenvalue weighted by molar-refractivity contribution is 5.94. The zero-order chi connectivity index (χ0) is 16.5. The average Bonchev–Trinajstić information content (AvgIpc) is 2.77. The molecular formula is C17H24N2O3. The van der Waals surface area contributed by atoms with Gasteiger partial charge in [-0.3, -0.25) is 14.8 Å². The van der Waals surface area contributed by atoms with E-state index >= 15 is 0 Å². The lowest BCUT2D eigenvalue weighted by atomic mass is 9.80. The van der Waals surface area contributed by atoms with Gasteiger partial charge >= 0.3 is 0 Å². The van der Waals surface area contributed by atoms with Gasteiger partial charge in [0.2, 0.25) is 5.91 Å². The van der Waals surface area contributed by atoms with E-state index in [1.54, 1.807) is 10.4 Å². The molecule has 1 aromatic carbocycles. The lowest BCUT2D eigenvalue weighted by Gasteiger charge is -2.31. The van der Waals surface area contributed by atoms with Crippen LogP contribution in [0.4, 0.5) is 0 Å². The van der Waals surface area contributed by atoms with Crippen molar-refractivity contribution in [3.05, 3.63) is 35.4 Å². The Hall–Kier alpha value is -1.88. The number of hydrogen-bond donors (Lipinski definition) is 2. The van der Waals surface area contributed by atoms with Crippen LogP contribution in [0.1, 0.15) is 38.3 Å². The summed E-state index contributed by atoms with van der Waals surface area (Å²) in [6.45, 7) is 8.19. The van der Waals surface area contributed by atoms with Crippen LogP contribution in [0.3, 0.4) is 0 Å². The zero-order valence-electron chi connectivity index (χ0n) is 13.6. The van der Waals surface area contributed by atoms with Crippen LogP contribution in [-0.2, 0) is 15.0 Å². The Kier molecular flexibility index (Phi) is 4.56. The first-order valence-electron chi connectivity index (χ1n) is 7.63. The third-order valence-electron chi connectivity index (χ3n) is 4.62. The van der Waals surface area contributed by atoms with Gasteiger partial charge < -0.3 is 4.90 Å². The predicted octanol–water partition coefficient (Wildman–Crippen LogP) is 2.02. The van der Waals surface area contributed by atoms with Gasteiger partial charge in [-0.15, -0.1) is 0 Å². The van der Waals surface area contributed by atoms with Crippen molar-refractivity contribution < 1.29 is 14.8 Å². The van der Waals surface area contributed by atoms with E-state index in [2.05, 4.69) is 0 Å². The van der Waals surface area contributed by atoms with Crippen LogP contribution in [0.25, 0.3) is 0 Å². The molecule has 120 valence electrons. The number of hydrogen-bond acceptors (Lipinski definition) is 3. The summed E-state index contributed by atoms with van der Waals surface area (Å²) in [5, 5.41) is 8.94. The molecule has 0 radical (unpaired) electrons. The standard InChI is InChI=1S/C17H24N2O3/c1-11(2)14(15(20)18-22)19-10-9-17(4,16(19)21)13-7-5-12(3)6-8-13/h5-8,11,14,22H,9-10H2,1-4H3,(H,18,20)/t14-,17?/m1/s1. The first-order chi connectivity index (χ1) is 10.3. The van der Waals surface area contributed by atoms with Crippen molar-refractivity contribution in [1.82, 2.24) is 10.4 Å². The Bertz CT molecular complexity index is 568. The number of carbonyl (C=O) groups excluding carboxylic acids is 2. The second-order valence-corrected chi connectivity index (χ2v) is 6.61. The molecule has 1 aliphatic rings. The quantitative estimate of drug-likeness (QED) is 0.660. The van der Waals surface area contributed by atoms with Gasteiger partial charge in [-0.05, 0) is 31.7 Å². The van der Waals surface area contributed by atoms with Crippen molar-refractivity contribution in [1.29, 1.82) is 0 Å². The van der Waals surface area contributed by atoms with Gasteiger partial charge in [-0.1, -0.05) is 43.7 Å². The lowest BCUT2D eigenvalue weighted by molar-refractivity contribution is -0.145. The van der Waals surface area contributed by atoms with Crippen LogP contribution >= 0.6 is 0 Å². The third-order valence-corrected chi connectivity index (χ3v) is 4.62. The summed E-state index contributed by atoms with van der Waals surface area (Å²) in [6.07, 6.45) is 0.664. The normalized spacial score (nSPS) is 23.0. The fourth-order valence-electron chi connectivity index (χ4n) is 3.19. The van der Waals surface area contributed by atoms with E-state index in [-0.39, 0.29) is 11.8 Å². The maximum Gasteiger partial charge on any atom is 0.266 e. The fraction of sp³-hybridized carbons (Fsp3) is 0.529. The Labute approximate surface area is 131 Å². The van der Waals surface area contributed by atoms with E-state index in [1.165, 1.54) is 0 Å². The second kappa shape index (κ2) is 6.08. The Balaban J connectivity index is 2.31. The number of rotatable bonds is 4. The number of carbonyl (C=O) groups is 2. The predicted molar refractivity (Wildman–Crippen MR) is 83.4 cm³/mol. The van der Waals surface area contributed by atoms with Crippen LogP contribution in [0.2, 0.25) is 0 Å². The molecule has 1 unspecified atom stereocenters. The fourth-order valence-corrected chi connectivity index (χ4v) is 3.19. The van der Waals surface area contributed by atoms with E-state index in [9.17, 15) is 9.59 Å². The molecule has 1 aliphatic heterocycles. The number of amides is 2. The van der Waals surface area contributed by atoms with Gasteiger partial charge in [0.05, 0.1) is 5.41 Å². The summed E-state index contributed by atoms with van der Waals surface area (Å²) in [4.78, 5) is 26.5. The van der Waals surface area contributed by atoms with E-state index in [1.807, 2.05) is 52.0 Å². The van der Waals surface area contributed by atoms with E-state index in [0.717, 1.165) is 11.1 Å². The van der Waals surface area contributed by atoms with Crippen LogP contribution in [-0.4, -0.2) is 34.5 Å². The summed E-state index contributed by atoms with van der Waals surface area (Å²) in [5.74, 6) is -0.661. The van der Waals surface area contributed by atoms with E-state index in [4.69, 9.17) is 5.21 Å². The molecule has 22 heavy (non-hydrogen) atoms. The highest BCUT2D eigenvalue weighted by atomic mass is 16.5. The molecule has 2 N–H and O–H groups in total. The van der Waals surface area contributed by atoms with Gasteiger partial charge in [0.1, 0.15) is 6.04 Å². The Morgan fingerprint density at radius 2 is 1.91 bits per heavy atom. The topological polar surface area (TPSA) is 69.6 Å². The van der Waals surface area contributed by atoms with Gasteiger partial charge in [-0.25, -0.2) is 5.48 Å². The SMILES string of the molecule is Cc1ccc(C2(C)CCN([C@@H](C(=O)NO)C(C)C)C2=O)cc1. The molecule has 5 heteroatoms. The highest BCUT2D eigenvalue weighted by Gasteiger charge is 2.48. The van der Waals surface area contributed by atoms with Crippen molar-refractivity contribution in [2.45, 2.75) is 45.6 Å². The lowest BCUT2D eigenvalue weighted by Crippen LogP contribution is -2.51. The summed E-state index contributed by atoms with van der Waals surface area (Å²) in [6, 6.07) is 7.30. The molecule has 0 aromatic heterocycles. The highest BCUT2D eigenvalue weighted by Crippen LogP contribution is 2.37. The molecule has 1 fully saturated rings. The molecule has 0 spiro atoms. The van der Waals surface area contributed by atoms with Crippen LogP contribution < -0.4 is 5.48 Å². The average molecular weight is 304 g/mol. The summed E-state index contributed by atoms with van der Waals surface area (Å²) in [7, 11) is 0. The molecule has 2 atom stereocenters. The van der Waals surface area contributed by atoms with Gasteiger partial charge in [-0.2, -0.15) is 0 Å². The zero-order valence-corrected chi connectivity index (χ0v) is 13.6. The van der Waals surface area contributed by atoms with Crippen LogP contribution in [0, 0.1) is 12.8 Å². The number of nitrogens with one attached hydrogen (secondary N) is 1. The molecule has 1 heterocycles. The molecule has 2 rings (SSSR count). The minimum atomic E-state index is -0.648. The summed E-state index contributed by atoms with van der Waals surface area (Å²) in [5.41, 5.74) is 3.19. The number of likely N-dealkylation sites (tertiary alicyclic amines) is 1. The van der Waals surface area contributed by atoms with Crippen molar-refractivity contribution in [2.75, 3.05) is 6.54 Å². The Morgan fingerprint density at radius 1 is 1.32 bits per heavy atom. The molecule has 2 amide bonds. The van der Waals surface area contributed by atoms with Crippen LogP contribution in [0.15, 0.2) is 24.3 Å². The molecule has 0 saturated carbocycles. The minimum absolute atomic E-state index is 0.0568. The van der Waals surface area contributed by atoms with Gasteiger partial charge in [0.25, 0.3) is 5.91 Å². The molecule has 1 saturated heterocycles. The monoisotopic (exact) mass is 304 g/mol. The number of hydroxylamine groups is 1. The van der Waals surface area contributed by atoms with Gasteiger partial charge in [0.15, 0.2) is 0 Å². The van der Waals surface area contributed by atoms with Crippen molar-refractivity contribution >= 4 is 11.8 Å². The molecular weight excluding hydrogens is 280 g/mol. The molecule has 1 aromatic rings. The van der Waals surface area contributed by atoms with Crippen LogP contribution in [0.5, 0.6) is 0 Å². The Morgan fingerprint density at radius 3 is 2.41 bits per heavy atom. The molecule has 0 bridgehead atoms. The first-order valence-corrected chi connectivity index (χ1v) is 7.63. The largest absolute Gasteiger partial charge is 0.330 e. The van der Waals surface area contributed by atoms with Gasteiger partial charge in [0, 0.05) is 6.54 Å². The molecule has 0 aliphatic carbocycles. The second-order valence-electron chi connectivity index (χ2n) is 6.61. The summed E-state index contributed by atoms with van der Waals surface area (Å²) < 4.78 is 0. The van der Waals surface area contributed by atoms with Crippen molar-refractivity contribution in [3.63, 3.8) is 0 Å². The minimum Gasteiger partial charge on any atom is -0.330 e.